The number of rotatable bonds is 0. The third kappa shape index (κ3) is 1.85. The molecule has 4 aromatic rings. The third-order valence-corrected chi connectivity index (χ3v) is 3.39. The van der Waals surface area contributed by atoms with Crippen molar-refractivity contribution in [2.24, 2.45) is 0 Å². The molecule has 19 heavy (non-hydrogen) atoms. The molecule has 1 heterocycles. The van der Waals surface area contributed by atoms with Gasteiger partial charge in [0.2, 0.25) is 0 Å². The van der Waals surface area contributed by atoms with Crippen molar-refractivity contribution in [2.45, 2.75) is 0 Å². The Kier molecular flexibility index (Phi) is 3.06. The minimum atomic E-state index is 0. The van der Waals surface area contributed by atoms with Crippen LogP contribution in [0.5, 0.6) is 0 Å². The van der Waals surface area contributed by atoms with Crippen LogP contribution in [-0.4, -0.2) is 4.98 Å². The van der Waals surface area contributed by atoms with Crippen LogP contribution in [0.3, 0.4) is 0 Å². The number of fused-ring (bicyclic) bond motifs is 5. The van der Waals surface area contributed by atoms with E-state index in [1.807, 2.05) is 24.4 Å². The molecule has 93 valence electrons. The average Bonchev–Trinajstić information content (AvgIpc) is 2.46. The summed E-state index contributed by atoms with van der Waals surface area (Å²) in [4.78, 5) is 4.54. The molecule has 0 bridgehead atoms. The number of aromatic nitrogens is 1. The molecule has 0 saturated carbocycles. The first-order valence-corrected chi connectivity index (χ1v) is 6.00. The summed E-state index contributed by atoms with van der Waals surface area (Å²) in [6, 6.07) is 22.1. The maximum Gasteiger partial charge on any atom is 0.0372 e. The summed E-state index contributed by atoms with van der Waals surface area (Å²) in [5, 5.41) is 5.96. The Hall–Kier alpha value is -1.76. The SMILES string of the molecule is [Ir].[c-]1cccc2ccc3ccc4cccnc4c3c12. The van der Waals surface area contributed by atoms with Crippen molar-refractivity contribution >= 4 is 32.4 Å². The van der Waals surface area contributed by atoms with Gasteiger partial charge in [0.1, 0.15) is 0 Å². The fraction of sp³-hybridized carbons (Fsp3) is 0. The monoisotopic (exact) mass is 421 g/mol. The Bertz CT molecular complexity index is 813. The number of nitrogens with zero attached hydrogens (tertiary/aromatic N) is 1. The van der Waals surface area contributed by atoms with E-state index in [2.05, 4.69) is 47.4 Å². The summed E-state index contributed by atoms with van der Waals surface area (Å²) >= 11 is 0. The second-order valence-corrected chi connectivity index (χ2v) is 4.44. The fourth-order valence-corrected chi connectivity index (χ4v) is 2.55. The van der Waals surface area contributed by atoms with E-state index in [0.29, 0.717) is 0 Å². The first kappa shape index (κ1) is 12.3. The van der Waals surface area contributed by atoms with Crippen LogP contribution in [0.4, 0.5) is 0 Å². The molecular weight excluding hydrogens is 410 g/mol. The number of benzene rings is 3. The van der Waals surface area contributed by atoms with Gasteiger partial charge in [-0.2, -0.15) is 0 Å². The topological polar surface area (TPSA) is 12.9 Å². The van der Waals surface area contributed by atoms with Crippen molar-refractivity contribution in [1.29, 1.82) is 0 Å². The van der Waals surface area contributed by atoms with Gasteiger partial charge in [0, 0.05) is 31.8 Å². The molecule has 0 fully saturated rings. The van der Waals surface area contributed by atoms with E-state index in [0.717, 1.165) is 10.9 Å². The Morgan fingerprint density at radius 2 is 1.53 bits per heavy atom. The van der Waals surface area contributed by atoms with E-state index in [4.69, 9.17) is 0 Å². The second-order valence-electron chi connectivity index (χ2n) is 4.44. The summed E-state index contributed by atoms with van der Waals surface area (Å²) in [5.41, 5.74) is 1.06. The van der Waals surface area contributed by atoms with Crippen LogP contribution in [0.25, 0.3) is 32.4 Å². The summed E-state index contributed by atoms with van der Waals surface area (Å²) in [7, 11) is 0. The summed E-state index contributed by atoms with van der Waals surface area (Å²) in [5.74, 6) is 0. The molecule has 0 saturated heterocycles. The quantitative estimate of drug-likeness (QED) is 0.305. The van der Waals surface area contributed by atoms with Crippen LogP contribution in [0.2, 0.25) is 0 Å². The summed E-state index contributed by atoms with van der Waals surface area (Å²) in [6.07, 6.45) is 1.85. The number of hydrogen-bond acceptors (Lipinski definition) is 1. The predicted octanol–water partition coefficient (Wildman–Crippen LogP) is 4.34. The molecule has 1 aromatic heterocycles. The van der Waals surface area contributed by atoms with Crippen LogP contribution in [0.1, 0.15) is 0 Å². The van der Waals surface area contributed by atoms with Crippen LogP contribution in [0.15, 0.2) is 60.8 Å². The molecule has 2 heteroatoms. The second kappa shape index (κ2) is 4.73. The van der Waals surface area contributed by atoms with Gasteiger partial charge in [-0.3, -0.25) is 4.98 Å². The molecule has 0 spiro atoms. The van der Waals surface area contributed by atoms with Gasteiger partial charge in [0.25, 0.3) is 0 Å². The van der Waals surface area contributed by atoms with Gasteiger partial charge in [0.05, 0.1) is 0 Å². The molecule has 0 amide bonds. The first-order valence-electron chi connectivity index (χ1n) is 6.00. The Balaban J connectivity index is 0.00000110. The van der Waals surface area contributed by atoms with Gasteiger partial charge in [-0.1, -0.05) is 41.1 Å². The molecule has 0 N–H and O–H groups in total. The van der Waals surface area contributed by atoms with Crippen LogP contribution in [0, 0.1) is 6.07 Å². The van der Waals surface area contributed by atoms with Crippen LogP contribution < -0.4 is 0 Å². The summed E-state index contributed by atoms with van der Waals surface area (Å²) in [6.45, 7) is 0. The Morgan fingerprint density at radius 1 is 0.789 bits per heavy atom. The maximum absolute atomic E-state index is 4.54. The van der Waals surface area contributed by atoms with Gasteiger partial charge in [0.15, 0.2) is 0 Å². The fourth-order valence-electron chi connectivity index (χ4n) is 2.55. The Labute approximate surface area is 124 Å². The zero-order chi connectivity index (χ0) is 11.9. The molecule has 1 nitrogen and oxygen atoms in total. The van der Waals surface area contributed by atoms with Gasteiger partial charge < -0.3 is 0 Å². The van der Waals surface area contributed by atoms with E-state index in [1.165, 1.54) is 21.5 Å². The molecule has 4 rings (SSSR count). The third-order valence-electron chi connectivity index (χ3n) is 3.39. The van der Waals surface area contributed by atoms with Gasteiger partial charge in [-0.25, -0.2) is 0 Å². The molecule has 0 aliphatic carbocycles. The van der Waals surface area contributed by atoms with Gasteiger partial charge >= 0.3 is 0 Å². The molecule has 0 unspecified atom stereocenters. The van der Waals surface area contributed by atoms with E-state index < -0.39 is 0 Å². The molecule has 1 radical (unpaired) electrons. The van der Waals surface area contributed by atoms with Crippen LogP contribution >= 0.6 is 0 Å². The Morgan fingerprint density at radius 3 is 2.42 bits per heavy atom. The van der Waals surface area contributed by atoms with Crippen molar-refractivity contribution < 1.29 is 20.1 Å². The molecule has 0 aliphatic heterocycles. The smallest absolute Gasteiger partial charge is 0.0372 e. The van der Waals surface area contributed by atoms with Gasteiger partial charge in [-0.15, -0.1) is 35.0 Å². The van der Waals surface area contributed by atoms with Crippen molar-refractivity contribution in [3.05, 3.63) is 66.9 Å². The van der Waals surface area contributed by atoms with Gasteiger partial charge in [-0.05, 0) is 11.5 Å². The minimum Gasteiger partial charge on any atom is -0.266 e. The van der Waals surface area contributed by atoms with E-state index in [-0.39, 0.29) is 20.1 Å². The van der Waals surface area contributed by atoms with Crippen molar-refractivity contribution in [3.63, 3.8) is 0 Å². The standard InChI is InChI=1S/C17H10N.Ir/c1-2-6-15-12(4-1)7-8-13-9-10-14-5-3-11-18-17(14)16(13)15;/h1-5,7-11H;/q-1;. The average molecular weight is 420 g/mol. The largest absolute Gasteiger partial charge is 0.266 e. The normalized spacial score (nSPS) is 10.7. The molecule has 0 atom stereocenters. The van der Waals surface area contributed by atoms with Crippen molar-refractivity contribution in [3.8, 4) is 0 Å². The molecule has 3 aromatic carbocycles. The number of hydrogen-bond donors (Lipinski definition) is 0. The van der Waals surface area contributed by atoms with E-state index in [1.54, 1.807) is 0 Å². The molecular formula is C17H10IrN-. The van der Waals surface area contributed by atoms with Crippen molar-refractivity contribution in [1.82, 2.24) is 4.98 Å². The van der Waals surface area contributed by atoms with Crippen LogP contribution in [-0.2, 0) is 20.1 Å². The zero-order valence-electron chi connectivity index (χ0n) is 10.1. The number of pyridine rings is 1. The van der Waals surface area contributed by atoms with E-state index in [9.17, 15) is 0 Å². The maximum atomic E-state index is 4.54. The first-order chi connectivity index (χ1) is 8.93. The zero-order valence-corrected chi connectivity index (χ0v) is 12.4. The summed E-state index contributed by atoms with van der Waals surface area (Å²) < 4.78 is 0. The van der Waals surface area contributed by atoms with E-state index >= 15 is 0 Å². The predicted molar refractivity (Wildman–Crippen MR) is 75.6 cm³/mol. The minimum absolute atomic E-state index is 0. The van der Waals surface area contributed by atoms with Crippen molar-refractivity contribution in [2.75, 3.05) is 0 Å². The molecule has 0 aliphatic rings.